The highest BCUT2D eigenvalue weighted by atomic mass is 16.5. The van der Waals surface area contributed by atoms with Crippen LogP contribution in [0, 0.1) is 5.92 Å². The lowest BCUT2D eigenvalue weighted by Gasteiger charge is -2.22. The largest absolute Gasteiger partial charge is 0.493 e. The third-order valence-corrected chi connectivity index (χ3v) is 4.30. The summed E-state index contributed by atoms with van der Waals surface area (Å²) in [6.45, 7) is 2.24. The Labute approximate surface area is 146 Å². The van der Waals surface area contributed by atoms with E-state index in [-0.39, 0.29) is 11.4 Å². The van der Waals surface area contributed by atoms with Gasteiger partial charge in [-0.1, -0.05) is 12.1 Å². The van der Waals surface area contributed by atoms with Crippen LogP contribution in [-0.4, -0.2) is 37.8 Å². The van der Waals surface area contributed by atoms with Crippen molar-refractivity contribution in [2.75, 3.05) is 26.9 Å². The van der Waals surface area contributed by atoms with Gasteiger partial charge in [0.1, 0.15) is 11.3 Å². The first kappa shape index (κ1) is 17.2. The first-order valence-corrected chi connectivity index (χ1v) is 8.34. The van der Waals surface area contributed by atoms with Crippen LogP contribution in [0.1, 0.15) is 23.2 Å². The van der Waals surface area contributed by atoms with Crippen LogP contribution in [0.4, 0.5) is 0 Å². The van der Waals surface area contributed by atoms with E-state index in [0.29, 0.717) is 18.2 Å². The van der Waals surface area contributed by atoms with Crippen molar-refractivity contribution in [3.8, 4) is 22.9 Å². The van der Waals surface area contributed by atoms with Gasteiger partial charge in [-0.05, 0) is 43.0 Å². The quantitative estimate of drug-likeness (QED) is 0.872. The van der Waals surface area contributed by atoms with E-state index in [1.54, 1.807) is 12.1 Å². The van der Waals surface area contributed by atoms with Gasteiger partial charge >= 0.3 is 0 Å². The van der Waals surface area contributed by atoms with Gasteiger partial charge in [-0.15, -0.1) is 0 Å². The average molecular weight is 342 g/mol. The Morgan fingerprint density at radius 2 is 2.00 bits per heavy atom. The highest BCUT2D eigenvalue weighted by Crippen LogP contribution is 2.31. The minimum absolute atomic E-state index is 0.212. The van der Waals surface area contributed by atoms with Crippen molar-refractivity contribution in [3.05, 3.63) is 42.0 Å². The summed E-state index contributed by atoms with van der Waals surface area (Å²) in [5.41, 5.74) is 7.12. The fourth-order valence-corrected chi connectivity index (χ4v) is 2.86. The molecule has 0 spiro atoms. The number of carbonyl (C=O) groups excluding carboxylic acids is 1. The molecule has 1 aliphatic heterocycles. The zero-order valence-corrected chi connectivity index (χ0v) is 14.2. The highest BCUT2D eigenvalue weighted by Gasteiger charge is 2.17. The molecule has 0 aliphatic carbocycles. The number of carbonyl (C=O) groups is 1. The van der Waals surface area contributed by atoms with E-state index in [2.05, 4.69) is 4.98 Å². The van der Waals surface area contributed by atoms with Crippen molar-refractivity contribution in [2.24, 2.45) is 11.7 Å². The average Bonchev–Trinajstić information content (AvgIpc) is 2.66. The zero-order valence-electron chi connectivity index (χ0n) is 14.2. The summed E-state index contributed by atoms with van der Waals surface area (Å²) < 4.78 is 16.6. The lowest BCUT2D eigenvalue weighted by molar-refractivity contribution is 0.0498. The van der Waals surface area contributed by atoms with Crippen molar-refractivity contribution in [2.45, 2.75) is 12.8 Å². The molecular formula is C19H22N2O4. The minimum atomic E-state index is -0.569. The number of ether oxygens (including phenoxy) is 3. The third kappa shape index (κ3) is 4.09. The molecule has 132 valence electrons. The number of hydrogen-bond donors (Lipinski definition) is 1. The number of hydrogen-bond acceptors (Lipinski definition) is 5. The Bertz CT molecular complexity index is 742. The van der Waals surface area contributed by atoms with E-state index in [1.165, 1.54) is 7.11 Å². The maximum atomic E-state index is 11.4. The SMILES string of the molecule is COc1nc(-c2ccccc2OCC2CCOCC2)ccc1C(N)=O. The number of benzene rings is 1. The number of methoxy groups -OCH3 is 1. The van der Waals surface area contributed by atoms with Gasteiger partial charge in [0.05, 0.1) is 19.4 Å². The molecule has 1 aromatic heterocycles. The summed E-state index contributed by atoms with van der Waals surface area (Å²) in [4.78, 5) is 15.9. The minimum Gasteiger partial charge on any atom is -0.493 e. The molecule has 0 atom stereocenters. The maximum absolute atomic E-state index is 11.4. The number of primary amides is 1. The first-order valence-electron chi connectivity index (χ1n) is 8.34. The van der Waals surface area contributed by atoms with Crippen LogP contribution in [0.3, 0.4) is 0 Å². The van der Waals surface area contributed by atoms with Crippen LogP contribution < -0.4 is 15.2 Å². The summed E-state index contributed by atoms with van der Waals surface area (Å²) in [7, 11) is 1.46. The van der Waals surface area contributed by atoms with E-state index >= 15 is 0 Å². The molecule has 6 heteroatoms. The molecule has 0 saturated carbocycles. The molecule has 6 nitrogen and oxygen atoms in total. The Hall–Kier alpha value is -2.60. The Kier molecular flexibility index (Phi) is 5.50. The normalized spacial score (nSPS) is 14.9. The summed E-state index contributed by atoms with van der Waals surface area (Å²) in [5, 5.41) is 0. The topological polar surface area (TPSA) is 83.7 Å². The predicted molar refractivity (Wildman–Crippen MR) is 93.8 cm³/mol. The van der Waals surface area contributed by atoms with Gasteiger partial charge < -0.3 is 19.9 Å². The molecule has 2 aromatic rings. The maximum Gasteiger partial charge on any atom is 0.254 e. The fraction of sp³-hybridized carbons (Fsp3) is 0.368. The van der Waals surface area contributed by atoms with Crippen LogP contribution in [0.2, 0.25) is 0 Å². The molecule has 0 radical (unpaired) electrons. The second-order valence-electron chi connectivity index (χ2n) is 5.98. The molecule has 0 unspecified atom stereocenters. The molecule has 1 aliphatic rings. The Balaban J connectivity index is 1.83. The molecule has 2 N–H and O–H groups in total. The molecule has 2 heterocycles. The van der Waals surface area contributed by atoms with Crippen LogP contribution >= 0.6 is 0 Å². The fourth-order valence-electron chi connectivity index (χ4n) is 2.86. The number of rotatable bonds is 6. The molecule has 1 amide bonds. The second kappa shape index (κ2) is 7.98. The van der Waals surface area contributed by atoms with Crippen molar-refractivity contribution < 1.29 is 19.0 Å². The zero-order chi connectivity index (χ0) is 17.6. The molecular weight excluding hydrogens is 320 g/mol. The summed E-state index contributed by atoms with van der Waals surface area (Å²) in [6, 6.07) is 11.1. The van der Waals surface area contributed by atoms with E-state index < -0.39 is 5.91 Å². The summed E-state index contributed by atoms with van der Waals surface area (Å²) in [6.07, 6.45) is 2.03. The number of pyridine rings is 1. The monoisotopic (exact) mass is 342 g/mol. The summed E-state index contributed by atoms with van der Waals surface area (Å²) >= 11 is 0. The van der Waals surface area contributed by atoms with E-state index in [9.17, 15) is 4.79 Å². The van der Waals surface area contributed by atoms with Crippen LogP contribution in [0.5, 0.6) is 11.6 Å². The van der Waals surface area contributed by atoms with Crippen molar-refractivity contribution in [1.29, 1.82) is 0 Å². The molecule has 0 bridgehead atoms. The molecule has 25 heavy (non-hydrogen) atoms. The second-order valence-corrected chi connectivity index (χ2v) is 5.98. The van der Waals surface area contributed by atoms with Crippen LogP contribution in [-0.2, 0) is 4.74 Å². The van der Waals surface area contributed by atoms with E-state index in [0.717, 1.165) is 37.4 Å². The third-order valence-electron chi connectivity index (χ3n) is 4.30. The molecule has 3 rings (SSSR count). The first-order chi connectivity index (χ1) is 12.2. The van der Waals surface area contributed by atoms with Gasteiger partial charge in [-0.3, -0.25) is 4.79 Å². The highest BCUT2D eigenvalue weighted by molar-refractivity contribution is 5.95. The van der Waals surface area contributed by atoms with Crippen molar-refractivity contribution >= 4 is 5.91 Å². The standard InChI is InChI=1S/C19H22N2O4/c1-23-19-15(18(20)22)6-7-16(21-19)14-4-2-3-5-17(14)25-12-13-8-10-24-11-9-13/h2-7,13H,8-12H2,1H3,(H2,20,22). The number of para-hydroxylation sites is 1. The lowest BCUT2D eigenvalue weighted by Crippen LogP contribution is -2.21. The Morgan fingerprint density at radius 1 is 1.24 bits per heavy atom. The van der Waals surface area contributed by atoms with Crippen molar-refractivity contribution in [1.82, 2.24) is 4.98 Å². The van der Waals surface area contributed by atoms with Crippen LogP contribution in [0.25, 0.3) is 11.3 Å². The lowest BCUT2D eigenvalue weighted by atomic mass is 10.0. The van der Waals surface area contributed by atoms with Gasteiger partial charge in [-0.25, -0.2) is 4.98 Å². The number of amides is 1. The van der Waals surface area contributed by atoms with E-state index in [4.69, 9.17) is 19.9 Å². The van der Waals surface area contributed by atoms with Gasteiger partial charge in [0.15, 0.2) is 0 Å². The molecule has 1 fully saturated rings. The van der Waals surface area contributed by atoms with Gasteiger partial charge in [-0.2, -0.15) is 0 Å². The number of aromatic nitrogens is 1. The van der Waals surface area contributed by atoms with E-state index in [1.807, 2.05) is 24.3 Å². The van der Waals surface area contributed by atoms with Crippen molar-refractivity contribution in [3.63, 3.8) is 0 Å². The Morgan fingerprint density at radius 3 is 2.72 bits per heavy atom. The summed E-state index contributed by atoms with van der Waals surface area (Å²) in [5.74, 6) is 0.904. The van der Waals surface area contributed by atoms with Gasteiger partial charge in [0.2, 0.25) is 5.88 Å². The predicted octanol–water partition coefficient (Wildman–Crippen LogP) is 2.66. The number of nitrogens with two attached hydrogens (primary N) is 1. The molecule has 1 saturated heterocycles. The number of nitrogens with zero attached hydrogens (tertiary/aromatic N) is 1. The van der Waals surface area contributed by atoms with Gasteiger partial charge in [0, 0.05) is 18.8 Å². The molecule has 1 aromatic carbocycles. The smallest absolute Gasteiger partial charge is 0.254 e. The van der Waals surface area contributed by atoms with Crippen LogP contribution in [0.15, 0.2) is 36.4 Å². The van der Waals surface area contributed by atoms with Gasteiger partial charge in [0.25, 0.3) is 5.91 Å².